The second-order valence-electron chi connectivity index (χ2n) is 3.70. The largest absolute Gasteiger partial charge is 0.368 e. The average molecular weight is 321 g/mol. The quantitative estimate of drug-likeness (QED) is 0.709. The topological polar surface area (TPSA) is 67.6 Å². The first kappa shape index (κ1) is 11.6. The number of para-hydroxylation sites is 1. The number of fused-ring (bicyclic) bond motifs is 1. The number of rotatable bonds is 2. The molecule has 0 unspecified atom stereocenters. The number of nitrogen functional groups attached to an aromatic ring is 1. The molecular formula is C12H9BrN4S. The molecule has 3 N–H and O–H groups in total. The minimum absolute atomic E-state index is 0.275. The maximum absolute atomic E-state index is 5.59. The Morgan fingerprint density at radius 3 is 2.94 bits per heavy atom. The summed E-state index contributed by atoms with van der Waals surface area (Å²) < 4.78 is 0.834. The highest BCUT2D eigenvalue weighted by Gasteiger charge is 2.08. The van der Waals surface area contributed by atoms with Crippen LogP contribution in [-0.4, -0.2) is 15.0 Å². The van der Waals surface area contributed by atoms with Gasteiger partial charge in [0.15, 0.2) is 0 Å². The first-order valence-electron chi connectivity index (χ1n) is 5.26. The van der Waals surface area contributed by atoms with Crippen molar-refractivity contribution in [3.63, 3.8) is 0 Å². The zero-order chi connectivity index (χ0) is 12.5. The molecule has 0 bridgehead atoms. The number of nitrogens with zero attached hydrogens (tertiary/aromatic N) is 2. The molecule has 0 fully saturated rings. The van der Waals surface area contributed by atoms with E-state index in [1.54, 1.807) is 6.20 Å². The van der Waals surface area contributed by atoms with Crippen molar-refractivity contribution in [1.82, 2.24) is 15.0 Å². The van der Waals surface area contributed by atoms with Gasteiger partial charge in [-0.15, -0.1) is 0 Å². The van der Waals surface area contributed by atoms with Crippen molar-refractivity contribution in [1.29, 1.82) is 0 Å². The fraction of sp³-hybridized carbons (Fsp3) is 0. The van der Waals surface area contributed by atoms with Gasteiger partial charge >= 0.3 is 0 Å². The molecule has 90 valence electrons. The molecule has 0 radical (unpaired) electrons. The van der Waals surface area contributed by atoms with Gasteiger partial charge in [0.1, 0.15) is 5.03 Å². The standard InChI is InChI=1S/C12H9BrN4S/c13-8-6-15-12(14)17-11(8)18-10-5-7-3-1-2-4-9(7)16-10/h1-6,16H,(H2,14,15,17). The second-order valence-corrected chi connectivity index (χ2v) is 5.59. The van der Waals surface area contributed by atoms with Gasteiger partial charge < -0.3 is 10.7 Å². The van der Waals surface area contributed by atoms with E-state index >= 15 is 0 Å². The van der Waals surface area contributed by atoms with Gasteiger partial charge in [-0.25, -0.2) is 9.97 Å². The maximum atomic E-state index is 5.59. The Balaban J connectivity index is 1.98. The zero-order valence-corrected chi connectivity index (χ0v) is 11.6. The van der Waals surface area contributed by atoms with Gasteiger partial charge in [-0.1, -0.05) is 30.0 Å². The molecule has 2 aromatic heterocycles. The lowest BCUT2D eigenvalue weighted by Gasteiger charge is -2.01. The molecule has 18 heavy (non-hydrogen) atoms. The van der Waals surface area contributed by atoms with Crippen molar-refractivity contribution in [2.24, 2.45) is 0 Å². The fourth-order valence-corrected chi connectivity index (χ4v) is 2.92. The smallest absolute Gasteiger partial charge is 0.221 e. The highest BCUT2D eigenvalue weighted by Crippen LogP contribution is 2.32. The maximum Gasteiger partial charge on any atom is 0.221 e. The second kappa shape index (κ2) is 4.62. The first-order chi connectivity index (χ1) is 8.72. The number of nitrogens with two attached hydrogens (primary N) is 1. The van der Waals surface area contributed by atoms with Crippen molar-refractivity contribution < 1.29 is 0 Å². The van der Waals surface area contributed by atoms with Gasteiger partial charge in [0, 0.05) is 17.1 Å². The number of aromatic amines is 1. The van der Waals surface area contributed by atoms with Crippen LogP contribution in [0, 0.1) is 0 Å². The Kier molecular flexibility index (Phi) is 2.97. The number of aromatic nitrogens is 3. The molecule has 3 rings (SSSR count). The van der Waals surface area contributed by atoms with E-state index in [4.69, 9.17) is 5.73 Å². The van der Waals surface area contributed by atoms with Gasteiger partial charge in [0.25, 0.3) is 0 Å². The van der Waals surface area contributed by atoms with Crippen LogP contribution in [0.1, 0.15) is 0 Å². The minimum Gasteiger partial charge on any atom is -0.368 e. The number of H-pyrrole nitrogens is 1. The lowest BCUT2D eigenvalue weighted by molar-refractivity contribution is 1.04. The van der Waals surface area contributed by atoms with Crippen molar-refractivity contribution in [2.45, 2.75) is 10.1 Å². The van der Waals surface area contributed by atoms with Gasteiger partial charge in [0.05, 0.1) is 9.50 Å². The van der Waals surface area contributed by atoms with Crippen LogP contribution in [0.15, 0.2) is 51.1 Å². The summed E-state index contributed by atoms with van der Waals surface area (Å²) in [5.41, 5.74) is 6.70. The highest BCUT2D eigenvalue weighted by atomic mass is 79.9. The van der Waals surface area contributed by atoms with Gasteiger partial charge in [-0.2, -0.15) is 0 Å². The molecule has 0 aliphatic carbocycles. The summed E-state index contributed by atoms with van der Waals surface area (Å²) in [6, 6.07) is 10.2. The van der Waals surface area contributed by atoms with E-state index in [0.717, 1.165) is 20.0 Å². The van der Waals surface area contributed by atoms with E-state index in [-0.39, 0.29) is 5.95 Å². The number of hydrogen-bond donors (Lipinski definition) is 2. The molecule has 0 saturated heterocycles. The Labute approximate surface area is 116 Å². The Morgan fingerprint density at radius 1 is 1.28 bits per heavy atom. The van der Waals surface area contributed by atoms with Crippen LogP contribution in [0.2, 0.25) is 0 Å². The predicted molar refractivity (Wildman–Crippen MR) is 76.6 cm³/mol. The van der Waals surface area contributed by atoms with Crippen LogP contribution in [0.4, 0.5) is 5.95 Å². The molecule has 0 aliphatic heterocycles. The van der Waals surface area contributed by atoms with Crippen LogP contribution < -0.4 is 5.73 Å². The normalized spacial score (nSPS) is 10.9. The number of anilines is 1. The van der Waals surface area contributed by atoms with E-state index in [9.17, 15) is 0 Å². The van der Waals surface area contributed by atoms with Gasteiger partial charge in [-0.3, -0.25) is 0 Å². The number of halogens is 1. The summed E-state index contributed by atoms with van der Waals surface area (Å²) in [5, 5.41) is 3.00. The molecule has 0 saturated carbocycles. The number of benzene rings is 1. The van der Waals surface area contributed by atoms with Crippen molar-refractivity contribution >= 4 is 44.5 Å². The Bertz CT molecular complexity index is 677. The fourth-order valence-electron chi connectivity index (χ4n) is 1.64. The van der Waals surface area contributed by atoms with Crippen molar-refractivity contribution in [3.05, 3.63) is 41.0 Å². The van der Waals surface area contributed by atoms with Crippen molar-refractivity contribution in [3.8, 4) is 0 Å². The van der Waals surface area contributed by atoms with E-state index < -0.39 is 0 Å². The van der Waals surface area contributed by atoms with E-state index in [1.807, 2.05) is 18.2 Å². The summed E-state index contributed by atoms with van der Waals surface area (Å²) in [5.74, 6) is 0.275. The Hall–Kier alpha value is -1.53. The molecule has 0 aliphatic rings. The third-order valence-corrected chi connectivity index (χ3v) is 4.23. The highest BCUT2D eigenvalue weighted by molar-refractivity contribution is 9.10. The zero-order valence-electron chi connectivity index (χ0n) is 9.22. The summed E-state index contributed by atoms with van der Waals surface area (Å²) in [7, 11) is 0. The van der Waals surface area contributed by atoms with Gasteiger partial charge in [-0.05, 0) is 28.1 Å². The molecule has 6 heteroatoms. The molecule has 3 aromatic rings. The summed E-state index contributed by atoms with van der Waals surface area (Å²) in [6.45, 7) is 0. The van der Waals surface area contributed by atoms with Crippen LogP contribution in [-0.2, 0) is 0 Å². The van der Waals surface area contributed by atoms with E-state index in [0.29, 0.717) is 0 Å². The minimum atomic E-state index is 0.275. The van der Waals surface area contributed by atoms with Crippen LogP contribution >= 0.6 is 27.7 Å². The van der Waals surface area contributed by atoms with Crippen molar-refractivity contribution in [2.75, 3.05) is 5.73 Å². The lowest BCUT2D eigenvalue weighted by Crippen LogP contribution is -1.95. The molecule has 4 nitrogen and oxygen atoms in total. The van der Waals surface area contributed by atoms with E-state index in [1.165, 1.54) is 17.1 Å². The lowest BCUT2D eigenvalue weighted by atomic mass is 10.3. The summed E-state index contributed by atoms with van der Waals surface area (Å²) >= 11 is 4.94. The third kappa shape index (κ3) is 2.21. The van der Waals surface area contributed by atoms with Crippen LogP contribution in [0.5, 0.6) is 0 Å². The molecule has 2 heterocycles. The monoisotopic (exact) mass is 320 g/mol. The summed E-state index contributed by atoms with van der Waals surface area (Å²) in [6.07, 6.45) is 1.66. The molecule has 1 aromatic carbocycles. The SMILES string of the molecule is Nc1ncc(Br)c(Sc2cc3ccccc3[nH]2)n1. The van der Waals surface area contributed by atoms with Gasteiger partial charge in [0.2, 0.25) is 5.95 Å². The number of hydrogen-bond acceptors (Lipinski definition) is 4. The van der Waals surface area contributed by atoms with E-state index in [2.05, 4.69) is 43.0 Å². The third-order valence-electron chi connectivity index (χ3n) is 2.44. The van der Waals surface area contributed by atoms with Crippen LogP contribution in [0.3, 0.4) is 0 Å². The first-order valence-corrected chi connectivity index (χ1v) is 6.87. The predicted octanol–water partition coefficient (Wildman–Crippen LogP) is 3.45. The molecule has 0 spiro atoms. The summed E-state index contributed by atoms with van der Waals surface area (Å²) in [4.78, 5) is 11.5. The Morgan fingerprint density at radius 2 is 2.11 bits per heavy atom. The van der Waals surface area contributed by atoms with Crippen LogP contribution in [0.25, 0.3) is 10.9 Å². The number of nitrogens with one attached hydrogen (secondary N) is 1. The average Bonchev–Trinajstić information content (AvgIpc) is 2.76. The molecule has 0 amide bonds. The molecule has 0 atom stereocenters. The molecular weight excluding hydrogens is 312 g/mol.